The van der Waals surface area contributed by atoms with Crippen LogP contribution in [0.3, 0.4) is 0 Å². The second kappa shape index (κ2) is 5.47. The Morgan fingerprint density at radius 1 is 1.08 bits per heavy atom. The van der Waals surface area contributed by atoms with Gasteiger partial charge in [-0.05, 0) is 30.7 Å². The van der Waals surface area contributed by atoms with Crippen molar-refractivity contribution < 1.29 is 35.9 Å². The number of pyridine rings is 1. The van der Waals surface area contributed by atoms with Crippen molar-refractivity contribution in [3.05, 3.63) is 52.8 Å². The lowest BCUT2D eigenvalue weighted by molar-refractivity contribution is -0.176. The van der Waals surface area contributed by atoms with Gasteiger partial charge in [0.2, 0.25) is 5.78 Å². The maximum absolute atomic E-state index is 13.8. The largest absolute Gasteiger partial charge is 0.455 e. The van der Waals surface area contributed by atoms with Gasteiger partial charge < -0.3 is 4.74 Å². The molecule has 3 nitrogen and oxygen atoms in total. The number of ether oxygens (including phenoxy) is 1. The maximum atomic E-state index is 13.8. The van der Waals surface area contributed by atoms with E-state index in [0.29, 0.717) is 17.7 Å². The Labute approximate surface area is 137 Å². The summed E-state index contributed by atoms with van der Waals surface area (Å²) >= 11 is 0. The van der Waals surface area contributed by atoms with Gasteiger partial charge in [-0.2, -0.15) is 17.6 Å². The number of hydrogen-bond acceptors (Lipinski definition) is 3. The fourth-order valence-electron chi connectivity index (χ4n) is 2.59. The number of aryl methyl sites for hydroxylation is 1. The number of Topliss-reactive ketones (excluding diaryl/α,β-unsaturated/α-hetero) is 1. The molecule has 1 aromatic carbocycles. The molecule has 0 saturated carbocycles. The molecule has 0 N–H and O–H groups in total. The Hall–Kier alpha value is -2.58. The zero-order valence-electron chi connectivity index (χ0n) is 12.5. The molecule has 0 atom stereocenters. The molecule has 1 aliphatic carbocycles. The third kappa shape index (κ3) is 2.45. The zero-order chi connectivity index (χ0) is 18.6. The van der Waals surface area contributed by atoms with Crippen molar-refractivity contribution in [3.63, 3.8) is 0 Å². The average Bonchev–Trinajstić information content (AvgIpc) is 2.65. The molecule has 1 aliphatic rings. The highest BCUT2D eigenvalue weighted by atomic mass is 19.3. The van der Waals surface area contributed by atoms with Crippen molar-refractivity contribution in [3.8, 4) is 11.5 Å². The number of ketones is 1. The van der Waals surface area contributed by atoms with Gasteiger partial charge in [-0.25, -0.2) is 8.78 Å². The Morgan fingerprint density at radius 2 is 1.76 bits per heavy atom. The number of fused-ring (bicyclic) bond motifs is 1. The van der Waals surface area contributed by atoms with Gasteiger partial charge in [-0.3, -0.25) is 9.78 Å². The van der Waals surface area contributed by atoms with E-state index in [2.05, 4.69) is 4.98 Å². The summed E-state index contributed by atoms with van der Waals surface area (Å²) in [6.45, 7) is 1.64. The van der Waals surface area contributed by atoms with Crippen LogP contribution in [0.4, 0.5) is 26.3 Å². The van der Waals surface area contributed by atoms with Crippen molar-refractivity contribution in [2.24, 2.45) is 0 Å². The van der Waals surface area contributed by atoms with E-state index in [1.165, 1.54) is 18.5 Å². The van der Waals surface area contributed by atoms with Crippen LogP contribution in [0.25, 0.3) is 0 Å². The van der Waals surface area contributed by atoms with Crippen molar-refractivity contribution in [2.45, 2.75) is 25.2 Å². The molecular formula is C16H9F6NO2. The fraction of sp³-hybridized carbons (Fsp3) is 0.250. The first kappa shape index (κ1) is 17.2. The van der Waals surface area contributed by atoms with Crippen LogP contribution in [-0.4, -0.2) is 16.7 Å². The Kier molecular flexibility index (Phi) is 3.77. The predicted molar refractivity (Wildman–Crippen MR) is 73.6 cm³/mol. The van der Waals surface area contributed by atoms with E-state index in [1.807, 2.05) is 0 Å². The van der Waals surface area contributed by atoms with Gasteiger partial charge in [0.1, 0.15) is 11.5 Å². The van der Waals surface area contributed by atoms with Gasteiger partial charge in [0, 0.05) is 17.3 Å². The molecule has 0 bridgehead atoms. The highest BCUT2D eigenvalue weighted by molar-refractivity contribution is 6.08. The number of alkyl halides is 6. The quantitative estimate of drug-likeness (QED) is 0.719. The number of carbonyl (C=O) groups excluding carboxylic acids is 1. The topological polar surface area (TPSA) is 39.2 Å². The normalized spacial score (nSPS) is 17.7. The lowest BCUT2D eigenvalue weighted by atomic mass is 10.0. The number of hydrogen-bond donors (Lipinski definition) is 0. The molecule has 25 heavy (non-hydrogen) atoms. The van der Waals surface area contributed by atoms with E-state index in [0.717, 1.165) is 0 Å². The predicted octanol–water partition coefficient (Wildman–Crippen LogP) is 5.04. The molecule has 2 aromatic rings. The first-order valence-corrected chi connectivity index (χ1v) is 6.93. The van der Waals surface area contributed by atoms with Crippen molar-refractivity contribution in [1.82, 2.24) is 4.98 Å². The number of nitrogens with zero attached hydrogens (tertiary/aromatic N) is 1. The highest BCUT2D eigenvalue weighted by Gasteiger charge is 2.70. The summed E-state index contributed by atoms with van der Waals surface area (Å²) in [4.78, 5) is 15.5. The molecule has 9 heteroatoms. The maximum Gasteiger partial charge on any atom is 0.376 e. The second-order valence-corrected chi connectivity index (χ2v) is 5.48. The van der Waals surface area contributed by atoms with E-state index in [-0.39, 0.29) is 5.75 Å². The first-order valence-electron chi connectivity index (χ1n) is 6.93. The van der Waals surface area contributed by atoms with Crippen molar-refractivity contribution >= 4 is 5.78 Å². The van der Waals surface area contributed by atoms with E-state index < -0.39 is 46.5 Å². The third-order valence-corrected chi connectivity index (χ3v) is 3.75. The Bertz CT molecular complexity index is 866. The smallest absolute Gasteiger partial charge is 0.376 e. The molecule has 0 radical (unpaired) electrons. The molecule has 0 spiro atoms. The molecule has 0 unspecified atom stereocenters. The standard InChI is InChI=1S/C16H9F6NO2/c1-7-4-8(6-23-5-7)25-10-3-2-9-11(12(10)14(17)18)13(24)16(21,22)15(9,19)20/h2-6,14H,1H3. The summed E-state index contributed by atoms with van der Waals surface area (Å²) in [5.74, 6) is -13.0. The van der Waals surface area contributed by atoms with Gasteiger partial charge in [0.05, 0.1) is 11.8 Å². The molecule has 1 heterocycles. The first-order chi connectivity index (χ1) is 11.6. The summed E-state index contributed by atoms with van der Waals surface area (Å²) in [7, 11) is 0. The van der Waals surface area contributed by atoms with Gasteiger partial charge in [0.25, 0.3) is 6.43 Å². The van der Waals surface area contributed by atoms with Gasteiger partial charge in [0.15, 0.2) is 0 Å². The molecule has 0 aliphatic heterocycles. The van der Waals surface area contributed by atoms with Gasteiger partial charge in [-0.1, -0.05) is 0 Å². The number of halogens is 6. The molecular weight excluding hydrogens is 352 g/mol. The summed E-state index contributed by atoms with van der Waals surface area (Å²) in [5, 5.41) is 0. The second-order valence-electron chi connectivity index (χ2n) is 5.48. The van der Waals surface area contributed by atoms with Crippen LogP contribution >= 0.6 is 0 Å². The minimum absolute atomic E-state index is 0.00850. The molecule has 132 valence electrons. The minimum Gasteiger partial charge on any atom is -0.455 e. The van der Waals surface area contributed by atoms with Crippen LogP contribution < -0.4 is 4.74 Å². The molecule has 0 fully saturated rings. The number of carbonyl (C=O) groups is 1. The van der Waals surface area contributed by atoms with Crippen molar-refractivity contribution in [1.29, 1.82) is 0 Å². The van der Waals surface area contributed by atoms with E-state index in [9.17, 15) is 31.1 Å². The molecule has 0 saturated heterocycles. The van der Waals surface area contributed by atoms with Crippen LogP contribution in [0.1, 0.15) is 33.5 Å². The van der Waals surface area contributed by atoms with Crippen LogP contribution in [0.15, 0.2) is 30.6 Å². The summed E-state index contributed by atoms with van der Waals surface area (Å²) < 4.78 is 86.6. The highest BCUT2D eigenvalue weighted by Crippen LogP contribution is 2.55. The molecule has 1 aromatic heterocycles. The fourth-order valence-corrected chi connectivity index (χ4v) is 2.59. The Morgan fingerprint density at radius 3 is 2.36 bits per heavy atom. The molecule has 3 rings (SSSR count). The van der Waals surface area contributed by atoms with Gasteiger partial charge >= 0.3 is 11.8 Å². The van der Waals surface area contributed by atoms with Crippen LogP contribution in [0, 0.1) is 6.92 Å². The van der Waals surface area contributed by atoms with E-state index in [1.54, 1.807) is 6.92 Å². The van der Waals surface area contributed by atoms with E-state index in [4.69, 9.17) is 4.74 Å². The number of aromatic nitrogens is 1. The van der Waals surface area contributed by atoms with Crippen LogP contribution in [0.5, 0.6) is 11.5 Å². The SMILES string of the molecule is Cc1cncc(Oc2ccc3c(c2C(F)F)C(=O)C(F)(F)C3(F)F)c1. The minimum atomic E-state index is -5.09. The Balaban J connectivity index is 2.19. The van der Waals surface area contributed by atoms with E-state index >= 15 is 0 Å². The third-order valence-electron chi connectivity index (χ3n) is 3.75. The van der Waals surface area contributed by atoms with Crippen molar-refractivity contribution in [2.75, 3.05) is 0 Å². The number of benzene rings is 1. The van der Waals surface area contributed by atoms with Crippen LogP contribution in [-0.2, 0) is 5.92 Å². The zero-order valence-corrected chi connectivity index (χ0v) is 12.5. The van der Waals surface area contributed by atoms with Gasteiger partial charge in [-0.15, -0.1) is 0 Å². The monoisotopic (exact) mass is 361 g/mol. The average molecular weight is 361 g/mol. The lowest BCUT2D eigenvalue weighted by Gasteiger charge is -2.17. The summed E-state index contributed by atoms with van der Waals surface area (Å²) in [6, 6.07) is 2.63. The molecule has 0 amide bonds. The summed E-state index contributed by atoms with van der Waals surface area (Å²) in [5.41, 5.74) is -3.51. The number of rotatable bonds is 3. The lowest BCUT2D eigenvalue weighted by Crippen LogP contribution is -2.38. The summed E-state index contributed by atoms with van der Waals surface area (Å²) in [6.07, 6.45) is -0.856. The van der Waals surface area contributed by atoms with Crippen LogP contribution in [0.2, 0.25) is 0 Å².